The third-order valence-electron chi connectivity index (χ3n) is 2.40. The summed E-state index contributed by atoms with van der Waals surface area (Å²) < 4.78 is 15.3. The summed E-state index contributed by atoms with van der Waals surface area (Å²) in [5.41, 5.74) is 0.169. The van der Waals surface area contributed by atoms with Gasteiger partial charge in [0, 0.05) is 5.56 Å². The average molecular weight is 325 g/mol. The van der Waals surface area contributed by atoms with Crippen molar-refractivity contribution in [2.24, 2.45) is 0 Å². The third kappa shape index (κ3) is 2.61. The van der Waals surface area contributed by atoms with Gasteiger partial charge in [0.1, 0.15) is 16.4 Å². The number of hydrogen-bond acceptors (Lipinski definition) is 4. The van der Waals surface area contributed by atoms with E-state index < -0.39 is 10.7 Å². The first-order valence-corrected chi connectivity index (χ1v) is 5.87. The van der Waals surface area contributed by atoms with E-state index in [9.17, 15) is 14.5 Å². The standard InChI is InChI=1S/C11H6BrFN4O2/c12-9-6-16(15-11(9)17(18)19)5-8-3-1-2-7(4-14)10(8)13/h1-3,6H,5H2. The number of aromatic nitrogens is 2. The van der Waals surface area contributed by atoms with Crippen molar-refractivity contribution >= 4 is 21.7 Å². The van der Waals surface area contributed by atoms with Crippen LogP contribution in [0.5, 0.6) is 0 Å². The Morgan fingerprint density at radius 3 is 2.89 bits per heavy atom. The van der Waals surface area contributed by atoms with Crippen molar-refractivity contribution in [1.82, 2.24) is 9.78 Å². The van der Waals surface area contributed by atoms with Crippen LogP contribution in [0, 0.1) is 27.3 Å². The van der Waals surface area contributed by atoms with Crippen LogP contribution in [0.2, 0.25) is 0 Å². The van der Waals surface area contributed by atoms with E-state index in [1.54, 1.807) is 12.1 Å². The Morgan fingerprint density at radius 1 is 1.58 bits per heavy atom. The molecule has 0 aliphatic rings. The molecule has 0 saturated heterocycles. The SMILES string of the molecule is N#Cc1cccc(Cn2cc(Br)c([N+](=O)[O-])n2)c1F. The number of benzene rings is 1. The van der Waals surface area contributed by atoms with Gasteiger partial charge in [-0.3, -0.25) is 0 Å². The number of rotatable bonds is 3. The molecule has 0 saturated carbocycles. The molecule has 0 bridgehead atoms. The summed E-state index contributed by atoms with van der Waals surface area (Å²) in [4.78, 5) is 10.0. The van der Waals surface area contributed by atoms with E-state index in [1.165, 1.54) is 23.0 Å². The van der Waals surface area contributed by atoms with E-state index in [1.807, 2.05) is 0 Å². The first-order chi connectivity index (χ1) is 9.02. The second-order valence-electron chi connectivity index (χ2n) is 3.65. The number of nitro groups is 1. The summed E-state index contributed by atoms with van der Waals surface area (Å²) in [6.45, 7) is 0.00773. The second kappa shape index (κ2) is 5.16. The molecule has 0 atom stereocenters. The molecule has 0 amide bonds. The number of hydrogen-bond donors (Lipinski definition) is 0. The van der Waals surface area contributed by atoms with Crippen LogP contribution in [-0.2, 0) is 6.54 Å². The van der Waals surface area contributed by atoms with Crippen LogP contribution in [0.3, 0.4) is 0 Å². The Hall–Kier alpha value is -2.27. The zero-order chi connectivity index (χ0) is 14.0. The Morgan fingerprint density at radius 2 is 2.32 bits per heavy atom. The highest BCUT2D eigenvalue weighted by atomic mass is 79.9. The van der Waals surface area contributed by atoms with Crippen LogP contribution < -0.4 is 0 Å². The Labute approximate surface area is 115 Å². The molecule has 0 aliphatic carbocycles. The number of nitrogens with zero attached hydrogens (tertiary/aromatic N) is 4. The monoisotopic (exact) mass is 324 g/mol. The molecule has 2 aromatic rings. The number of nitriles is 1. The molecule has 19 heavy (non-hydrogen) atoms. The maximum atomic E-state index is 13.8. The quantitative estimate of drug-likeness (QED) is 0.641. The molecule has 0 aliphatic heterocycles. The molecule has 0 spiro atoms. The smallest absolute Gasteiger partial charge is 0.358 e. The fourth-order valence-corrected chi connectivity index (χ4v) is 2.01. The zero-order valence-electron chi connectivity index (χ0n) is 9.38. The van der Waals surface area contributed by atoms with Crippen molar-refractivity contribution < 1.29 is 9.31 Å². The van der Waals surface area contributed by atoms with Gasteiger partial charge in [-0.05, 0) is 26.9 Å². The van der Waals surface area contributed by atoms with E-state index in [0.717, 1.165) is 0 Å². The van der Waals surface area contributed by atoms with Crippen LogP contribution >= 0.6 is 15.9 Å². The lowest BCUT2D eigenvalue weighted by Gasteiger charge is -2.01. The molecule has 0 N–H and O–H groups in total. The van der Waals surface area contributed by atoms with Crippen LogP contribution in [0.15, 0.2) is 28.9 Å². The van der Waals surface area contributed by atoms with Crippen molar-refractivity contribution in [3.63, 3.8) is 0 Å². The van der Waals surface area contributed by atoms with Crippen molar-refractivity contribution in [1.29, 1.82) is 5.26 Å². The Kier molecular flexibility index (Phi) is 3.57. The molecule has 96 valence electrons. The first-order valence-electron chi connectivity index (χ1n) is 5.07. The molecule has 6 nitrogen and oxygen atoms in total. The molecule has 1 heterocycles. The molecule has 1 aromatic heterocycles. The van der Waals surface area contributed by atoms with E-state index in [4.69, 9.17) is 5.26 Å². The van der Waals surface area contributed by atoms with Gasteiger partial charge in [0.25, 0.3) is 0 Å². The molecule has 0 radical (unpaired) electrons. The summed E-state index contributed by atoms with van der Waals surface area (Å²) in [6, 6.07) is 6.14. The van der Waals surface area contributed by atoms with Gasteiger partial charge in [-0.1, -0.05) is 12.1 Å². The molecule has 8 heteroatoms. The van der Waals surface area contributed by atoms with Gasteiger partial charge in [0.15, 0.2) is 0 Å². The molecule has 2 rings (SSSR count). The second-order valence-corrected chi connectivity index (χ2v) is 4.50. The number of halogens is 2. The van der Waals surface area contributed by atoms with Crippen LogP contribution in [0.1, 0.15) is 11.1 Å². The highest BCUT2D eigenvalue weighted by Crippen LogP contribution is 2.23. The van der Waals surface area contributed by atoms with E-state index in [-0.39, 0.29) is 28.0 Å². The van der Waals surface area contributed by atoms with Gasteiger partial charge < -0.3 is 10.1 Å². The third-order valence-corrected chi connectivity index (χ3v) is 2.96. The lowest BCUT2D eigenvalue weighted by molar-refractivity contribution is -0.390. The summed E-state index contributed by atoms with van der Waals surface area (Å²) in [5.74, 6) is -0.976. The summed E-state index contributed by atoms with van der Waals surface area (Å²) in [5, 5.41) is 23.1. The van der Waals surface area contributed by atoms with Crippen LogP contribution in [0.25, 0.3) is 0 Å². The van der Waals surface area contributed by atoms with Gasteiger partial charge in [-0.15, -0.1) is 0 Å². The topological polar surface area (TPSA) is 84.8 Å². The fourth-order valence-electron chi connectivity index (χ4n) is 1.55. The van der Waals surface area contributed by atoms with Crippen LogP contribution in [-0.4, -0.2) is 14.7 Å². The summed E-state index contributed by atoms with van der Waals surface area (Å²) >= 11 is 3.01. The minimum Gasteiger partial charge on any atom is -0.358 e. The zero-order valence-corrected chi connectivity index (χ0v) is 11.0. The largest absolute Gasteiger partial charge is 0.404 e. The van der Waals surface area contributed by atoms with Gasteiger partial charge in [0.2, 0.25) is 0 Å². The Balaban J connectivity index is 2.35. The van der Waals surface area contributed by atoms with Crippen molar-refractivity contribution in [2.75, 3.05) is 0 Å². The highest BCUT2D eigenvalue weighted by molar-refractivity contribution is 9.10. The van der Waals surface area contributed by atoms with Gasteiger partial charge in [-0.25, -0.2) is 4.39 Å². The minimum absolute atomic E-state index is 0.00773. The summed E-state index contributed by atoms with van der Waals surface area (Å²) in [6.07, 6.45) is 1.39. The maximum Gasteiger partial charge on any atom is 0.404 e. The molecule has 0 unspecified atom stereocenters. The van der Waals surface area contributed by atoms with Gasteiger partial charge in [0.05, 0.1) is 23.4 Å². The van der Waals surface area contributed by atoms with Crippen molar-refractivity contribution in [2.45, 2.75) is 6.54 Å². The van der Waals surface area contributed by atoms with E-state index in [2.05, 4.69) is 21.0 Å². The molecular weight excluding hydrogens is 319 g/mol. The summed E-state index contributed by atoms with van der Waals surface area (Å²) in [7, 11) is 0. The first kappa shape index (κ1) is 13.2. The van der Waals surface area contributed by atoms with Crippen molar-refractivity contribution in [3.05, 3.63) is 55.9 Å². The predicted octanol–water partition coefficient (Wildman–Crippen LogP) is 2.61. The fraction of sp³-hybridized carbons (Fsp3) is 0.0909. The lowest BCUT2D eigenvalue weighted by atomic mass is 10.1. The lowest BCUT2D eigenvalue weighted by Crippen LogP contribution is -2.04. The normalized spacial score (nSPS) is 10.2. The maximum absolute atomic E-state index is 13.8. The van der Waals surface area contributed by atoms with Crippen molar-refractivity contribution in [3.8, 4) is 6.07 Å². The van der Waals surface area contributed by atoms with E-state index >= 15 is 0 Å². The molecule has 1 aromatic carbocycles. The average Bonchev–Trinajstić information content (AvgIpc) is 2.73. The van der Waals surface area contributed by atoms with E-state index in [0.29, 0.717) is 0 Å². The predicted molar refractivity (Wildman–Crippen MR) is 66.8 cm³/mol. The minimum atomic E-state index is -0.640. The Bertz CT molecular complexity index is 692. The molecular formula is C11H6BrFN4O2. The van der Waals surface area contributed by atoms with Gasteiger partial charge >= 0.3 is 5.82 Å². The van der Waals surface area contributed by atoms with Crippen LogP contribution in [0.4, 0.5) is 10.2 Å². The molecule has 0 fully saturated rings. The van der Waals surface area contributed by atoms with Gasteiger partial charge in [-0.2, -0.15) is 9.94 Å². The highest BCUT2D eigenvalue weighted by Gasteiger charge is 2.19.